The largest absolute Gasteiger partial charge is 0.485 e. The molecule has 0 saturated carbocycles. The van der Waals surface area contributed by atoms with Crippen LogP contribution in [0, 0.1) is 13.8 Å². The van der Waals surface area contributed by atoms with Gasteiger partial charge >= 0.3 is 0 Å². The number of benzene rings is 1. The number of hydrogen-bond acceptors (Lipinski definition) is 6. The molecule has 1 unspecified atom stereocenters. The van der Waals surface area contributed by atoms with Crippen molar-refractivity contribution in [1.29, 1.82) is 0 Å². The van der Waals surface area contributed by atoms with Crippen molar-refractivity contribution in [2.24, 2.45) is 0 Å². The molecule has 1 aliphatic heterocycles. The average Bonchev–Trinajstić information content (AvgIpc) is 3.15. The summed E-state index contributed by atoms with van der Waals surface area (Å²) in [5, 5.41) is 7.45. The molecule has 0 fully saturated rings. The summed E-state index contributed by atoms with van der Waals surface area (Å²) in [4.78, 5) is 32.4. The summed E-state index contributed by atoms with van der Waals surface area (Å²) in [5.74, 6) is 1.33. The fourth-order valence-electron chi connectivity index (χ4n) is 3.08. The van der Waals surface area contributed by atoms with E-state index in [1.807, 2.05) is 32.9 Å². The van der Waals surface area contributed by atoms with E-state index >= 15 is 0 Å². The van der Waals surface area contributed by atoms with Crippen molar-refractivity contribution in [3.8, 4) is 17.4 Å². The van der Waals surface area contributed by atoms with Gasteiger partial charge in [0.25, 0.3) is 11.5 Å². The van der Waals surface area contributed by atoms with Gasteiger partial charge in [-0.3, -0.25) is 14.6 Å². The first-order chi connectivity index (χ1) is 14.6. The van der Waals surface area contributed by atoms with Gasteiger partial charge in [0.15, 0.2) is 11.5 Å². The molecule has 3 aromatic rings. The van der Waals surface area contributed by atoms with Crippen molar-refractivity contribution >= 4 is 11.7 Å². The van der Waals surface area contributed by atoms with Crippen LogP contribution in [0.5, 0.6) is 11.5 Å². The number of hydrogen-bond donors (Lipinski definition) is 2. The highest BCUT2D eigenvalue weighted by atomic mass is 16.6. The molecule has 0 saturated heterocycles. The number of fused-ring (bicyclic) bond motifs is 1. The second-order valence-corrected chi connectivity index (χ2v) is 8.53. The van der Waals surface area contributed by atoms with E-state index in [1.54, 1.807) is 32.0 Å². The molecule has 0 radical (unpaired) electrons. The van der Waals surface area contributed by atoms with E-state index in [0.29, 0.717) is 28.6 Å². The molecule has 0 bridgehead atoms. The van der Waals surface area contributed by atoms with E-state index in [1.165, 1.54) is 4.68 Å². The molecule has 3 heterocycles. The highest BCUT2D eigenvalue weighted by molar-refractivity contribution is 5.94. The van der Waals surface area contributed by atoms with Gasteiger partial charge in [-0.15, -0.1) is 0 Å². The summed E-state index contributed by atoms with van der Waals surface area (Å²) in [5.41, 5.74) is 1.31. The van der Waals surface area contributed by atoms with Crippen molar-refractivity contribution < 1.29 is 14.3 Å². The smallest absolute Gasteiger partial charge is 0.270 e. The fourth-order valence-corrected chi connectivity index (χ4v) is 3.08. The molecular weight excluding hydrogens is 398 g/mol. The summed E-state index contributed by atoms with van der Waals surface area (Å²) in [6, 6.07) is 8.96. The number of carbonyl (C=O) groups excluding carboxylic acids is 1. The predicted molar refractivity (Wildman–Crippen MR) is 115 cm³/mol. The SMILES string of the molecule is Cc1nc(-n2nc(C(C)(C)C)cc2NC(=O)C2COc3ccccc3O2)[nH]c(=O)c1C. The molecule has 31 heavy (non-hydrogen) atoms. The summed E-state index contributed by atoms with van der Waals surface area (Å²) >= 11 is 0. The van der Waals surface area contributed by atoms with Crippen LogP contribution in [0.3, 0.4) is 0 Å². The molecule has 0 spiro atoms. The normalized spacial score (nSPS) is 15.6. The molecule has 2 aromatic heterocycles. The quantitative estimate of drug-likeness (QED) is 0.670. The van der Waals surface area contributed by atoms with E-state index < -0.39 is 6.10 Å². The number of nitrogens with zero attached hydrogens (tertiary/aromatic N) is 3. The Morgan fingerprint density at radius 2 is 1.94 bits per heavy atom. The lowest BCUT2D eigenvalue weighted by Crippen LogP contribution is -2.40. The van der Waals surface area contributed by atoms with Crippen molar-refractivity contribution in [1.82, 2.24) is 19.7 Å². The molecule has 1 aliphatic rings. The van der Waals surface area contributed by atoms with Gasteiger partial charge in [0, 0.05) is 22.7 Å². The highest BCUT2D eigenvalue weighted by Crippen LogP contribution is 2.31. The number of aromatic nitrogens is 4. The van der Waals surface area contributed by atoms with Gasteiger partial charge in [0.2, 0.25) is 12.1 Å². The van der Waals surface area contributed by atoms with E-state index in [0.717, 1.165) is 5.69 Å². The molecule has 162 valence electrons. The van der Waals surface area contributed by atoms with Crippen LogP contribution in [0.15, 0.2) is 35.1 Å². The lowest BCUT2D eigenvalue weighted by molar-refractivity contribution is -0.125. The molecule has 4 rings (SSSR count). The van der Waals surface area contributed by atoms with Gasteiger partial charge in [-0.25, -0.2) is 4.98 Å². The van der Waals surface area contributed by atoms with Gasteiger partial charge < -0.3 is 14.8 Å². The number of aryl methyl sites for hydroxylation is 1. The molecular formula is C22H25N5O4. The Bertz CT molecular complexity index is 1210. The highest BCUT2D eigenvalue weighted by Gasteiger charge is 2.29. The first-order valence-electron chi connectivity index (χ1n) is 10.0. The zero-order valence-corrected chi connectivity index (χ0v) is 18.1. The summed E-state index contributed by atoms with van der Waals surface area (Å²) in [7, 11) is 0. The van der Waals surface area contributed by atoms with E-state index in [-0.39, 0.29) is 29.4 Å². The van der Waals surface area contributed by atoms with Crippen LogP contribution >= 0.6 is 0 Å². The summed E-state index contributed by atoms with van der Waals surface area (Å²) < 4.78 is 12.9. The minimum absolute atomic E-state index is 0.0852. The number of para-hydroxylation sites is 2. The van der Waals surface area contributed by atoms with Gasteiger partial charge in [-0.05, 0) is 26.0 Å². The van der Waals surface area contributed by atoms with Crippen molar-refractivity contribution in [3.63, 3.8) is 0 Å². The average molecular weight is 423 g/mol. The van der Waals surface area contributed by atoms with Crippen LogP contribution in [0.25, 0.3) is 5.95 Å². The minimum Gasteiger partial charge on any atom is -0.485 e. The number of aromatic amines is 1. The number of carbonyl (C=O) groups is 1. The number of ether oxygens (including phenoxy) is 2. The van der Waals surface area contributed by atoms with Crippen LogP contribution in [0.1, 0.15) is 37.7 Å². The zero-order chi connectivity index (χ0) is 22.3. The predicted octanol–water partition coefficient (Wildman–Crippen LogP) is 2.65. The first kappa shape index (κ1) is 20.6. The van der Waals surface area contributed by atoms with Crippen LogP contribution in [-0.2, 0) is 10.2 Å². The van der Waals surface area contributed by atoms with E-state index in [2.05, 4.69) is 20.4 Å². The molecule has 1 aromatic carbocycles. The maximum Gasteiger partial charge on any atom is 0.270 e. The topological polar surface area (TPSA) is 111 Å². The second kappa shape index (κ2) is 7.57. The zero-order valence-electron chi connectivity index (χ0n) is 18.1. The minimum atomic E-state index is -0.830. The maximum absolute atomic E-state index is 13.0. The Labute approximate surface area is 179 Å². The van der Waals surface area contributed by atoms with E-state index in [4.69, 9.17) is 9.47 Å². The van der Waals surface area contributed by atoms with Crippen LogP contribution < -0.4 is 20.3 Å². The lowest BCUT2D eigenvalue weighted by atomic mass is 9.92. The van der Waals surface area contributed by atoms with Crippen LogP contribution in [0.4, 0.5) is 5.82 Å². The number of H-pyrrole nitrogens is 1. The van der Waals surface area contributed by atoms with Crippen molar-refractivity contribution in [2.75, 3.05) is 11.9 Å². The molecule has 2 N–H and O–H groups in total. The second-order valence-electron chi connectivity index (χ2n) is 8.53. The maximum atomic E-state index is 13.0. The van der Waals surface area contributed by atoms with Gasteiger partial charge in [-0.1, -0.05) is 32.9 Å². The third kappa shape index (κ3) is 4.03. The number of amides is 1. The molecule has 1 atom stereocenters. The van der Waals surface area contributed by atoms with Crippen molar-refractivity contribution in [2.45, 2.75) is 46.1 Å². The standard InChI is InChI=1S/C22H25N5O4/c1-12-13(2)23-21(25-19(12)28)27-18(10-17(26-27)22(3,4)5)24-20(29)16-11-30-14-8-6-7-9-15(14)31-16/h6-10,16H,11H2,1-5H3,(H,24,29)(H,23,25,28). The third-order valence-corrected chi connectivity index (χ3v) is 5.11. The van der Waals surface area contributed by atoms with Gasteiger partial charge in [-0.2, -0.15) is 9.78 Å². The Kier molecular flexibility index (Phi) is 5.04. The van der Waals surface area contributed by atoms with Gasteiger partial charge in [0.1, 0.15) is 12.4 Å². The lowest BCUT2D eigenvalue weighted by Gasteiger charge is -2.25. The first-order valence-corrected chi connectivity index (χ1v) is 10.0. The fraction of sp³-hybridized carbons (Fsp3) is 0.364. The number of anilines is 1. The van der Waals surface area contributed by atoms with Crippen LogP contribution in [0.2, 0.25) is 0 Å². The number of rotatable bonds is 3. The Morgan fingerprint density at radius 1 is 1.23 bits per heavy atom. The Hall–Kier alpha value is -3.62. The summed E-state index contributed by atoms with van der Waals surface area (Å²) in [6.45, 7) is 9.58. The molecule has 0 aliphatic carbocycles. The van der Waals surface area contributed by atoms with E-state index in [9.17, 15) is 9.59 Å². The van der Waals surface area contributed by atoms with Crippen LogP contribution in [-0.4, -0.2) is 38.4 Å². The molecule has 9 nitrogen and oxygen atoms in total. The summed E-state index contributed by atoms with van der Waals surface area (Å²) in [6.07, 6.45) is -0.830. The molecule has 1 amide bonds. The molecule has 9 heteroatoms. The Morgan fingerprint density at radius 3 is 2.61 bits per heavy atom. The Balaban J connectivity index is 1.67. The van der Waals surface area contributed by atoms with Gasteiger partial charge in [0.05, 0.1) is 5.69 Å². The number of nitrogens with one attached hydrogen (secondary N) is 2. The van der Waals surface area contributed by atoms with Crippen molar-refractivity contribution in [3.05, 3.63) is 57.6 Å². The monoisotopic (exact) mass is 423 g/mol. The third-order valence-electron chi connectivity index (χ3n) is 5.11.